The van der Waals surface area contributed by atoms with Crippen LogP contribution in [-0.4, -0.2) is 33.0 Å². The molecule has 0 aromatic heterocycles. The van der Waals surface area contributed by atoms with E-state index in [-0.39, 0.29) is 17.4 Å². The molecule has 7 nitrogen and oxygen atoms in total. The number of nitro benzene ring substituents is 1. The number of benzene rings is 1. The molecule has 2 N–H and O–H groups in total. The van der Waals surface area contributed by atoms with Gasteiger partial charge in [0.2, 0.25) is 15.8 Å². The summed E-state index contributed by atoms with van der Waals surface area (Å²) in [4.78, 5) is 9.26. The Kier molecular flexibility index (Phi) is 4.31. The third-order valence-electron chi connectivity index (χ3n) is 3.15. The number of hydrogen-bond acceptors (Lipinski definition) is 5. The number of hydrogen-bond donors (Lipinski definition) is 2. The summed E-state index contributed by atoms with van der Waals surface area (Å²) in [6.07, 6.45) is 0.872. The molecule has 0 spiro atoms. The molecule has 0 bridgehead atoms. The third-order valence-corrected chi connectivity index (χ3v) is 4.57. The molecule has 20 heavy (non-hydrogen) atoms. The number of nitrogens with zero attached hydrogens (tertiary/aromatic N) is 1. The van der Waals surface area contributed by atoms with Crippen LogP contribution in [0.4, 0.5) is 10.1 Å². The van der Waals surface area contributed by atoms with Crippen molar-refractivity contribution in [2.24, 2.45) is 5.92 Å². The molecule has 110 valence electrons. The van der Waals surface area contributed by atoms with Crippen molar-refractivity contribution in [2.75, 3.05) is 19.6 Å². The molecule has 1 aliphatic heterocycles. The SMILES string of the molecule is O=[N+]([O-])c1ccc(S(=O)(=O)NCC2CCNC2)cc1F. The Morgan fingerprint density at radius 3 is 2.80 bits per heavy atom. The van der Waals surface area contributed by atoms with Gasteiger partial charge in [0.15, 0.2) is 0 Å². The van der Waals surface area contributed by atoms with Gasteiger partial charge in [0.25, 0.3) is 0 Å². The number of nitro groups is 1. The van der Waals surface area contributed by atoms with Crippen molar-refractivity contribution < 1.29 is 17.7 Å². The summed E-state index contributed by atoms with van der Waals surface area (Å²) in [5, 5.41) is 13.6. The normalized spacial score (nSPS) is 19.1. The van der Waals surface area contributed by atoms with Crippen LogP contribution in [0.15, 0.2) is 23.1 Å². The highest BCUT2D eigenvalue weighted by molar-refractivity contribution is 7.89. The minimum Gasteiger partial charge on any atom is -0.316 e. The van der Waals surface area contributed by atoms with E-state index in [1.54, 1.807) is 0 Å². The highest BCUT2D eigenvalue weighted by Crippen LogP contribution is 2.20. The summed E-state index contributed by atoms with van der Waals surface area (Å²) in [5.41, 5.74) is -0.746. The highest BCUT2D eigenvalue weighted by atomic mass is 32.2. The second-order valence-corrected chi connectivity index (χ2v) is 6.35. The van der Waals surface area contributed by atoms with E-state index in [1.807, 2.05) is 0 Å². The first kappa shape index (κ1) is 14.8. The van der Waals surface area contributed by atoms with Gasteiger partial charge in [-0.25, -0.2) is 13.1 Å². The van der Waals surface area contributed by atoms with Crippen LogP contribution in [0.3, 0.4) is 0 Å². The maximum Gasteiger partial charge on any atom is 0.304 e. The lowest BCUT2D eigenvalue weighted by Crippen LogP contribution is -2.30. The zero-order valence-corrected chi connectivity index (χ0v) is 11.3. The first-order valence-electron chi connectivity index (χ1n) is 6.04. The Labute approximate surface area is 115 Å². The fourth-order valence-electron chi connectivity index (χ4n) is 2.00. The Morgan fingerprint density at radius 2 is 2.25 bits per heavy atom. The first-order valence-corrected chi connectivity index (χ1v) is 7.53. The van der Waals surface area contributed by atoms with E-state index in [0.29, 0.717) is 6.07 Å². The monoisotopic (exact) mass is 303 g/mol. The van der Waals surface area contributed by atoms with Gasteiger partial charge in [-0.2, -0.15) is 4.39 Å². The maximum absolute atomic E-state index is 13.4. The molecule has 1 aromatic rings. The summed E-state index contributed by atoms with van der Waals surface area (Å²) < 4.78 is 39.7. The molecule has 0 amide bonds. The van der Waals surface area contributed by atoms with E-state index in [2.05, 4.69) is 10.0 Å². The first-order chi connectivity index (χ1) is 9.40. The Bertz CT molecular complexity index is 614. The molecule has 1 saturated heterocycles. The van der Waals surface area contributed by atoms with Crippen LogP contribution < -0.4 is 10.0 Å². The zero-order valence-electron chi connectivity index (χ0n) is 10.5. The van der Waals surface area contributed by atoms with Gasteiger partial charge in [0.05, 0.1) is 9.82 Å². The summed E-state index contributed by atoms with van der Waals surface area (Å²) in [6, 6.07) is 2.53. The van der Waals surface area contributed by atoms with Gasteiger partial charge in [-0.15, -0.1) is 0 Å². The second-order valence-electron chi connectivity index (χ2n) is 4.58. The number of halogens is 1. The van der Waals surface area contributed by atoms with E-state index in [9.17, 15) is 22.9 Å². The van der Waals surface area contributed by atoms with E-state index < -0.39 is 26.5 Å². The summed E-state index contributed by atoms with van der Waals surface area (Å²) in [6.45, 7) is 1.84. The molecule has 1 heterocycles. The largest absolute Gasteiger partial charge is 0.316 e. The van der Waals surface area contributed by atoms with Crippen molar-refractivity contribution in [1.29, 1.82) is 0 Å². The fraction of sp³-hybridized carbons (Fsp3) is 0.455. The molecule has 0 aliphatic carbocycles. The van der Waals surface area contributed by atoms with Gasteiger partial charge in [0.1, 0.15) is 0 Å². The smallest absolute Gasteiger partial charge is 0.304 e. The van der Waals surface area contributed by atoms with Crippen molar-refractivity contribution >= 4 is 15.7 Å². The molecule has 1 atom stereocenters. The Morgan fingerprint density at radius 1 is 1.50 bits per heavy atom. The van der Waals surface area contributed by atoms with Gasteiger partial charge in [-0.1, -0.05) is 0 Å². The van der Waals surface area contributed by atoms with Crippen molar-refractivity contribution in [2.45, 2.75) is 11.3 Å². The van der Waals surface area contributed by atoms with E-state index in [1.165, 1.54) is 0 Å². The minimum absolute atomic E-state index is 0.202. The number of rotatable bonds is 5. The number of nitrogens with one attached hydrogen (secondary N) is 2. The average Bonchev–Trinajstić information content (AvgIpc) is 2.89. The molecular weight excluding hydrogens is 289 g/mol. The lowest BCUT2D eigenvalue weighted by molar-refractivity contribution is -0.387. The van der Waals surface area contributed by atoms with Crippen molar-refractivity contribution in [1.82, 2.24) is 10.0 Å². The summed E-state index contributed by atoms with van der Waals surface area (Å²) in [7, 11) is -3.85. The molecule has 1 aliphatic rings. The van der Waals surface area contributed by atoms with Crippen LogP contribution in [-0.2, 0) is 10.0 Å². The van der Waals surface area contributed by atoms with Gasteiger partial charge in [-0.05, 0) is 31.5 Å². The Hall–Kier alpha value is -1.58. The van der Waals surface area contributed by atoms with Crippen LogP contribution in [0.25, 0.3) is 0 Å². The second kappa shape index (κ2) is 5.81. The predicted molar refractivity (Wildman–Crippen MR) is 69.2 cm³/mol. The minimum atomic E-state index is -3.85. The van der Waals surface area contributed by atoms with Crippen LogP contribution in [0.5, 0.6) is 0 Å². The predicted octanol–water partition coefficient (Wildman–Crippen LogP) is 0.622. The van der Waals surface area contributed by atoms with E-state index in [4.69, 9.17) is 0 Å². The summed E-state index contributed by atoms with van der Waals surface area (Å²) >= 11 is 0. The van der Waals surface area contributed by atoms with Crippen LogP contribution >= 0.6 is 0 Å². The molecular formula is C11H14FN3O4S. The molecule has 0 saturated carbocycles. The standard InChI is InChI=1S/C11H14FN3O4S/c12-10-5-9(1-2-11(10)15(16)17)20(18,19)14-7-8-3-4-13-6-8/h1-2,5,8,13-14H,3-4,6-7H2. The lowest BCUT2D eigenvalue weighted by Gasteiger charge is -2.10. The highest BCUT2D eigenvalue weighted by Gasteiger charge is 2.22. The van der Waals surface area contributed by atoms with Crippen molar-refractivity contribution in [3.63, 3.8) is 0 Å². The fourth-order valence-corrected chi connectivity index (χ4v) is 3.13. The Balaban J connectivity index is 2.12. The molecule has 9 heteroatoms. The third kappa shape index (κ3) is 3.30. The van der Waals surface area contributed by atoms with Crippen LogP contribution in [0.2, 0.25) is 0 Å². The molecule has 0 radical (unpaired) electrons. The quantitative estimate of drug-likeness (QED) is 0.613. The maximum atomic E-state index is 13.4. The van der Waals surface area contributed by atoms with Crippen molar-refractivity contribution in [3.8, 4) is 0 Å². The summed E-state index contributed by atoms with van der Waals surface area (Å²) in [5.74, 6) is -0.965. The lowest BCUT2D eigenvalue weighted by atomic mass is 10.1. The number of sulfonamides is 1. The molecule has 1 unspecified atom stereocenters. The van der Waals surface area contributed by atoms with E-state index >= 15 is 0 Å². The van der Waals surface area contributed by atoms with E-state index in [0.717, 1.165) is 31.6 Å². The van der Waals surface area contributed by atoms with Crippen LogP contribution in [0.1, 0.15) is 6.42 Å². The average molecular weight is 303 g/mol. The molecule has 1 aromatic carbocycles. The van der Waals surface area contributed by atoms with Gasteiger partial charge in [0, 0.05) is 18.7 Å². The topological polar surface area (TPSA) is 101 Å². The van der Waals surface area contributed by atoms with Gasteiger partial charge in [-0.3, -0.25) is 10.1 Å². The molecule has 1 fully saturated rings. The van der Waals surface area contributed by atoms with Gasteiger partial charge < -0.3 is 5.32 Å². The zero-order chi connectivity index (χ0) is 14.8. The van der Waals surface area contributed by atoms with Gasteiger partial charge >= 0.3 is 5.69 Å². The van der Waals surface area contributed by atoms with Crippen molar-refractivity contribution in [3.05, 3.63) is 34.1 Å². The van der Waals surface area contributed by atoms with Crippen LogP contribution in [0, 0.1) is 21.8 Å². The molecule has 2 rings (SSSR count).